The van der Waals surface area contributed by atoms with E-state index in [9.17, 15) is 14.7 Å². The zero-order chi connectivity index (χ0) is 20.4. The third-order valence-corrected chi connectivity index (χ3v) is 5.62. The molecule has 1 aromatic carbocycles. The number of amides is 1. The van der Waals surface area contributed by atoms with Crippen LogP contribution in [0.25, 0.3) is 10.9 Å². The molecule has 3 aromatic rings. The predicted molar refractivity (Wildman–Crippen MR) is 109 cm³/mol. The molecule has 1 aliphatic rings. The van der Waals surface area contributed by atoms with Gasteiger partial charge in [0.05, 0.1) is 22.6 Å². The molecule has 1 amide bonds. The van der Waals surface area contributed by atoms with Crippen LogP contribution in [0.1, 0.15) is 24.1 Å². The van der Waals surface area contributed by atoms with Gasteiger partial charge in [-0.25, -0.2) is 0 Å². The summed E-state index contributed by atoms with van der Waals surface area (Å²) >= 11 is 5.80. The van der Waals surface area contributed by atoms with E-state index in [0.717, 1.165) is 16.5 Å². The van der Waals surface area contributed by atoms with Crippen molar-refractivity contribution in [3.8, 4) is 0 Å². The summed E-state index contributed by atoms with van der Waals surface area (Å²) in [7, 11) is 0. The molecule has 6 nitrogen and oxygen atoms in total. The number of carbonyl (C=O) groups is 2. The van der Waals surface area contributed by atoms with Crippen molar-refractivity contribution in [3.05, 3.63) is 71.1 Å². The molecule has 0 atom stereocenters. The van der Waals surface area contributed by atoms with Crippen LogP contribution in [-0.2, 0) is 21.6 Å². The topological polar surface area (TPSA) is 83.4 Å². The maximum Gasteiger partial charge on any atom is 0.290 e. The van der Waals surface area contributed by atoms with Crippen molar-refractivity contribution >= 4 is 34.2 Å². The van der Waals surface area contributed by atoms with Crippen molar-refractivity contribution in [1.82, 2.24) is 14.9 Å². The molecule has 3 heterocycles. The second-order valence-electron chi connectivity index (χ2n) is 7.27. The lowest BCUT2D eigenvalue weighted by Gasteiger charge is -2.38. The summed E-state index contributed by atoms with van der Waals surface area (Å²) in [5.74, 6) is -1.05. The standard InChI is InChI=1S/C22H20ClN3O3/c23-15-5-6-16(25-14-15)13-20(27)21(28)26-11-8-22(29,9-12-26)18-7-10-24-19-4-2-1-3-17(18)19/h1-7,10,14,29H,8-9,11-13H2. The highest BCUT2D eigenvalue weighted by Gasteiger charge is 2.37. The summed E-state index contributed by atoms with van der Waals surface area (Å²) in [4.78, 5) is 34.9. The molecule has 29 heavy (non-hydrogen) atoms. The number of hydrogen-bond donors (Lipinski definition) is 1. The molecule has 0 bridgehead atoms. The number of pyridine rings is 2. The lowest BCUT2D eigenvalue weighted by Crippen LogP contribution is -2.47. The molecule has 0 unspecified atom stereocenters. The Labute approximate surface area is 173 Å². The van der Waals surface area contributed by atoms with Crippen LogP contribution in [0.15, 0.2) is 54.9 Å². The average molecular weight is 410 g/mol. The third-order valence-electron chi connectivity index (χ3n) is 5.40. The first-order valence-electron chi connectivity index (χ1n) is 9.45. The number of rotatable bonds is 4. The highest BCUT2D eigenvalue weighted by atomic mass is 35.5. The molecule has 1 N–H and O–H groups in total. The molecule has 4 rings (SSSR count). The quantitative estimate of drug-likeness (QED) is 0.670. The molecule has 0 radical (unpaired) electrons. The molecule has 1 fully saturated rings. The zero-order valence-corrected chi connectivity index (χ0v) is 16.5. The minimum absolute atomic E-state index is 0.0637. The van der Waals surface area contributed by atoms with E-state index >= 15 is 0 Å². The second-order valence-corrected chi connectivity index (χ2v) is 7.70. The van der Waals surface area contributed by atoms with Crippen molar-refractivity contribution in [2.75, 3.05) is 13.1 Å². The monoisotopic (exact) mass is 409 g/mol. The highest BCUT2D eigenvalue weighted by Crippen LogP contribution is 2.36. The first kappa shape index (κ1) is 19.5. The van der Waals surface area contributed by atoms with Gasteiger partial charge in [0, 0.05) is 36.6 Å². The fraction of sp³-hybridized carbons (Fsp3) is 0.273. The molecule has 2 aromatic heterocycles. The number of hydrogen-bond acceptors (Lipinski definition) is 5. The van der Waals surface area contributed by atoms with Gasteiger partial charge in [0.15, 0.2) is 0 Å². The van der Waals surface area contributed by atoms with E-state index in [-0.39, 0.29) is 6.42 Å². The molecule has 7 heteroatoms. The van der Waals surface area contributed by atoms with Crippen molar-refractivity contribution in [2.45, 2.75) is 24.9 Å². The summed E-state index contributed by atoms with van der Waals surface area (Å²) in [6.45, 7) is 0.623. The van der Waals surface area contributed by atoms with Gasteiger partial charge in [0.1, 0.15) is 0 Å². The van der Waals surface area contributed by atoms with E-state index in [1.165, 1.54) is 11.1 Å². The van der Waals surface area contributed by atoms with Gasteiger partial charge in [-0.05, 0) is 42.7 Å². The number of likely N-dealkylation sites (tertiary alicyclic amines) is 1. The number of piperidine rings is 1. The minimum atomic E-state index is -1.06. The summed E-state index contributed by atoms with van der Waals surface area (Å²) in [5.41, 5.74) is 1.08. The number of halogens is 1. The number of carbonyl (C=O) groups excluding carboxylic acids is 2. The lowest BCUT2D eigenvalue weighted by atomic mass is 9.82. The van der Waals surface area contributed by atoms with E-state index < -0.39 is 17.3 Å². The Hall–Kier alpha value is -2.83. The number of ketones is 1. The van der Waals surface area contributed by atoms with E-state index in [4.69, 9.17) is 11.6 Å². The van der Waals surface area contributed by atoms with Gasteiger partial charge < -0.3 is 10.0 Å². The summed E-state index contributed by atoms with van der Waals surface area (Å²) < 4.78 is 0. The number of Topliss-reactive ketones (excluding diaryl/α,β-unsaturated/α-hetero) is 1. The maximum atomic E-state index is 12.6. The lowest BCUT2D eigenvalue weighted by molar-refractivity contribution is -0.147. The Balaban J connectivity index is 1.45. The Morgan fingerprint density at radius 1 is 1.07 bits per heavy atom. The molecule has 1 aliphatic heterocycles. The predicted octanol–water partition coefficient (Wildman–Crippen LogP) is 2.91. The van der Waals surface area contributed by atoms with Crippen LogP contribution in [0.3, 0.4) is 0 Å². The van der Waals surface area contributed by atoms with E-state index in [0.29, 0.717) is 36.6 Å². The smallest absolute Gasteiger partial charge is 0.290 e. The molecule has 148 valence electrons. The van der Waals surface area contributed by atoms with Crippen LogP contribution in [0.2, 0.25) is 5.02 Å². The van der Waals surface area contributed by atoms with Crippen LogP contribution in [0.4, 0.5) is 0 Å². The first-order valence-corrected chi connectivity index (χ1v) is 9.83. The molecular weight excluding hydrogens is 390 g/mol. The number of para-hydroxylation sites is 1. The molecule has 0 aliphatic carbocycles. The molecule has 0 saturated carbocycles. The largest absolute Gasteiger partial charge is 0.385 e. The first-order chi connectivity index (χ1) is 14.0. The van der Waals surface area contributed by atoms with Gasteiger partial charge in [-0.3, -0.25) is 19.6 Å². The normalized spacial score (nSPS) is 16.0. The summed E-state index contributed by atoms with van der Waals surface area (Å²) in [6.07, 6.45) is 3.80. The van der Waals surface area contributed by atoms with E-state index in [2.05, 4.69) is 9.97 Å². The van der Waals surface area contributed by atoms with Crippen molar-refractivity contribution in [2.24, 2.45) is 0 Å². The molecule has 0 spiro atoms. The van der Waals surface area contributed by atoms with Gasteiger partial charge in [-0.1, -0.05) is 29.8 Å². The third kappa shape index (κ3) is 3.99. The number of aromatic nitrogens is 2. The van der Waals surface area contributed by atoms with Crippen LogP contribution >= 0.6 is 11.6 Å². The van der Waals surface area contributed by atoms with Gasteiger partial charge in [0.25, 0.3) is 5.91 Å². The fourth-order valence-electron chi connectivity index (χ4n) is 3.78. The second kappa shape index (κ2) is 7.89. The SMILES string of the molecule is O=C(Cc1ccc(Cl)cn1)C(=O)N1CCC(O)(c2ccnc3ccccc23)CC1. The highest BCUT2D eigenvalue weighted by molar-refractivity contribution is 6.36. The van der Waals surface area contributed by atoms with Gasteiger partial charge in [0.2, 0.25) is 5.78 Å². The van der Waals surface area contributed by atoms with Crippen LogP contribution in [-0.4, -0.2) is 44.8 Å². The number of fused-ring (bicyclic) bond motifs is 1. The maximum absolute atomic E-state index is 12.6. The van der Waals surface area contributed by atoms with Gasteiger partial charge in [-0.15, -0.1) is 0 Å². The van der Waals surface area contributed by atoms with Crippen molar-refractivity contribution < 1.29 is 14.7 Å². The van der Waals surface area contributed by atoms with E-state index in [1.807, 2.05) is 30.3 Å². The van der Waals surface area contributed by atoms with Crippen LogP contribution in [0.5, 0.6) is 0 Å². The summed E-state index contributed by atoms with van der Waals surface area (Å²) in [5, 5.41) is 12.6. The summed E-state index contributed by atoms with van der Waals surface area (Å²) in [6, 6.07) is 12.8. The Kier molecular flexibility index (Phi) is 5.30. The van der Waals surface area contributed by atoms with E-state index in [1.54, 1.807) is 18.3 Å². The minimum Gasteiger partial charge on any atom is -0.385 e. The number of aliphatic hydroxyl groups is 1. The molecular formula is C22H20ClN3O3. The Bertz CT molecular complexity index is 1060. The van der Waals surface area contributed by atoms with Gasteiger partial charge in [-0.2, -0.15) is 0 Å². The Morgan fingerprint density at radius 2 is 1.83 bits per heavy atom. The molecule has 1 saturated heterocycles. The van der Waals surface area contributed by atoms with Crippen LogP contribution < -0.4 is 0 Å². The van der Waals surface area contributed by atoms with Crippen molar-refractivity contribution in [1.29, 1.82) is 0 Å². The van der Waals surface area contributed by atoms with Gasteiger partial charge >= 0.3 is 0 Å². The zero-order valence-electron chi connectivity index (χ0n) is 15.7. The Morgan fingerprint density at radius 3 is 2.55 bits per heavy atom. The average Bonchev–Trinajstić information content (AvgIpc) is 2.75. The van der Waals surface area contributed by atoms with Crippen LogP contribution in [0, 0.1) is 0 Å². The fourth-order valence-corrected chi connectivity index (χ4v) is 3.89. The number of benzene rings is 1. The van der Waals surface area contributed by atoms with Crippen molar-refractivity contribution in [3.63, 3.8) is 0 Å². The number of nitrogens with zero attached hydrogens (tertiary/aromatic N) is 3.